The summed E-state index contributed by atoms with van der Waals surface area (Å²) in [6, 6.07) is 10.4. The number of hydrogen-bond donors (Lipinski definition) is 2. The highest BCUT2D eigenvalue weighted by molar-refractivity contribution is 5.17. The van der Waals surface area contributed by atoms with Gasteiger partial charge in [-0.25, -0.2) is 0 Å². The highest BCUT2D eigenvalue weighted by Crippen LogP contribution is 2.50. The van der Waals surface area contributed by atoms with Crippen LogP contribution in [0.4, 0.5) is 0 Å². The predicted octanol–water partition coefficient (Wildman–Crippen LogP) is 1.61. The number of aliphatic hydroxyl groups excluding tert-OH is 2. The van der Waals surface area contributed by atoms with Crippen LogP contribution in [-0.4, -0.2) is 22.4 Å². The molecule has 86 valence electrons. The third-order valence-corrected chi connectivity index (χ3v) is 4.43. The molecule has 3 rings (SSSR count). The lowest BCUT2D eigenvalue weighted by atomic mass is 9.90. The zero-order valence-corrected chi connectivity index (χ0v) is 9.29. The van der Waals surface area contributed by atoms with Crippen molar-refractivity contribution in [1.82, 2.24) is 0 Å². The summed E-state index contributed by atoms with van der Waals surface area (Å²) in [5.41, 5.74) is 1.32. The van der Waals surface area contributed by atoms with Gasteiger partial charge >= 0.3 is 0 Å². The molecule has 0 aromatic heterocycles. The first-order valence-electron chi connectivity index (χ1n) is 6.16. The minimum absolute atomic E-state index is 0.179. The third-order valence-electron chi connectivity index (χ3n) is 4.43. The standard InChI is InChI=1S/C14H18O2/c15-13-7-11-10(12(13)8-14(11)16)6-9-4-2-1-3-5-9/h1-5,10-16H,6-8H2. The van der Waals surface area contributed by atoms with E-state index in [9.17, 15) is 10.2 Å². The minimum Gasteiger partial charge on any atom is -0.393 e. The molecule has 1 aromatic rings. The summed E-state index contributed by atoms with van der Waals surface area (Å²) >= 11 is 0. The van der Waals surface area contributed by atoms with Crippen molar-refractivity contribution in [2.75, 3.05) is 0 Å². The van der Waals surface area contributed by atoms with Gasteiger partial charge in [0.25, 0.3) is 0 Å². The molecule has 16 heavy (non-hydrogen) atoms. The van der Waals surface area contributed by atoms with Crippen LogP contribution < -0.4 is 0 Å². The van der Waals surface area contributed by atoms with Crippen LogP contribution >= 0.6 is 0 Å². The minimum atomic E-state index is -0.179. The van der Waals surface area contributed by atoms with Gasteiger partial charge in [0.15, 0.2) is 0 Å². The lowest BCUT2D eigenvalue weighted by molar-refractivity contribution is 0.0447. The summed E-state index contributed by atoms with van der Waals surface area (Å²) in [7, 11) is 0. The van der Waals surface area contributed by atoms with Crippen LogP contribution in [0.3, 0.4) is 0 Å². The molecule has 4 unspecified atom stereocenters. The van der Waals surface area contributed by atoms with E-state index in [0.29, 0.717) is 17.8 Å². The van der Waals surface area contributed by atoms with Gasteiger partial charge in [0.1, 0.15) is 0 Å². The Labute approximate surface area is 95.9 Å². The molecule has 2 saturated carbocycles. The summed E-state index contributed by atoms with van der Waals surface area (Å²) in [6.45, 7) is 0. The second-order valence-electron chi connectivity index (χ2n) is 5.29. The van der Waals surface area contributed by atoms with Gasteiger partial charge in [-0.3, -0.25) is 0 Å². The maximum absolute atomic E-state index is 9.87. The van der Waals surface area contributed by atoms with Gasteiger partial charge in [-0.15, -0.1) is 0 Å². The normalized spacial score (nSPS) is 41.5. The summed E-state index contributed by atoms with van der Waals surface area (Å²) in [5.74, 6) is 1.12. The van der Waals surface area contributed by atoms with E-state index in [1.54, 1.807) is 0 Å². The van der Waals surface area contributed by atoms with Gasteiger partial charge in [-0.1, -0.05) is 30.3 Å². The van der Waals surface area contributed by atoms with Crippen LogP contribution in [0.2, 0.25) is 0 Å². The molecule has 1 aromatic carbocycles. The highest BCUT2D eigenvalue weighted by Gasteiger charge is 2.51. The first kappa shape index (κ1) is 10.3. The zero-order valence-electron chi connectivity index (χ0n) is 9.29. The average Bonchev–Trinajstić information content (AvgIpc) is 2.73. The molecule has 0 heterocycles. The van der Waals surface area contributed by atoms with Crippen molar-refractivity contribution < 1.29 is 10.2 Å². The molecule has 0 amide bonds. The van der Waals surface area contributed by atoms with Crippen molar-refractivity contribution in [2.45, 2.75) is 31.5 Å². The van der Waals surface area contributed by atoms with Gasteiger partial charge in [0.2, 0.25) is 0 Å². The monoisotopic (exact) mass is 218 g/mol. The fourth-order valence-electron chi connectivity index (χ4n) is 3.65. The van der Waals surface area contributed by atoms with Crippen molar-refractivity contribution in [3.63, 3.8) is 0 Å². The Bertz CT molecular complexity index is 346. The van der Waals surface area contributed by atoms with Crippen LogP contribution in [0, 0.1) is 17.8 Å². The molecule has 2 heteroatoms. The SMILES string of the molecule is OC1CC2C(O)CC1C2Cc1ccccc1. The van der Waals surface area contributed by atoms with Crippen LogP contribution in [0.5, 0.6) is 0 Å². The van der Waals surface area contributed by atoms with Gasteiger partial charge in [-0.05, 0) is 42.6 Å². The predicted molar refractivity (Wildman–Crippen MR) is 61.9 cm³/mol. The van der Waals surface area contributed by atoms with Crippen LogP contribution in [0.15, 0.2) is 30.3 Å². The van der Waals surface area contributed by atoms with E-state index in [2.05, 4.69) is 24.3 Å². The van der Waals surface area contributed by atoms with Crippen molar-refractivity contribution in [3.05, 3.63) is 35.9 Å². The van der Waals surface area contributed by atoms with E-state index in [1.807, 2.05) is 6.07 Å². The van der Waals surface area contributed by atoms with Crippen LogP contribution in [0.1, 0.15) is 18.4 Å². The Kier molecular flexibility index (Phi) is 2.49. The van der Waals surface area contributed by atoms with Crippen LogP contribution in [-0.2, 0) is 6.42 Å². The lowest BCUT2D eigenvalue weighted by Crippen LogP contribution is -2.24. The van der Waals surface area contributed by atoms with Crippen LogP contribution in [0.25, 0.3) is 0 Å². The average molecular weight is 218 g/mol. The number of benzene rings is 1. The summed E-state index contributed by atoms with van der Waals surface area (Å²) < 4.78 is 0. The molecule has 2 N–H and O–H groups in total. The zero-order chi connectivity index (χ0) is 11.1. The Morgan fingerprint density at radius 2 is 1.50 bits per heavy atom. The molecule has 0 radical (unpaired) electrons. The Morgan fingerprint density at radius 3 is 2.06 bits per heavy atom. The number of rotatable bonds is 2. The number of fused-ring (bicyclic) bond motifs is 2. The fraction of sp³-hybridized carbons (Fsp3) is 0.571. The van der Waals surface area contributed by atoms with E-state index >= 15 is 0 Å². The van der Waals surface area contributed by atoms with E-state index in [-0.39, 0.29) is 12.2 Å². The Morgan fingerprint density at radius 1 is 0.938 bits per heavy atom. The van der Waals surface area contributed by atoms with Gasteiger partial charge in [0.05, 0.1) is 12.2 Å². The van der Waals surface area contributed by atoms with Gasteiger partial charge < -0.3 is 10.2 Å². The molecule has 2 bridgehead atoms. The molecular formula is C14H18O2. The maximum Gasteiger partial charge on any atom is 0.0575 e. The third kappa shape index (κ3) is 1.57. The molecule has 2 nitrogen and oxygen atoms in total. The van der Waals surface area contributed by atoms with Crippen molar-refractivity contribution in [2.24, 2.45) is 17.8 Å². The molecule has 0 aliphatic heterocycles. The van der Waals surface area contributed by atoms with E-state index in [0.717, 1.165) is 19.3 Å². The van der Waals surface area contributed by atoms with Crippen molar-refractivity contribution in [3.8, 4) is 0 Å². The molecule has 2 aliphatic carbocycles. The summed E-state index contributed by atoms with van der Waals surface area (Å²) in [4.78, 5) is 0. The molecular weight excluding hydrogens is 200 g/mol. The lowest BCUT2D eigenvalue weighted by Gasteiger charge is -2.19. The second kappa shape index (κ2) is 3.86. The number of aliphatic hydroxyl groups is 2. The molecule has 0 saturated heterocycles. The fourth-order valence-corrected chi connectivity index (χ4v) is 3.65. The van der Waals surface area contributed by atoms with Crippen molar-refractivity contribution >= 4 is 0 Å². The van der Waals surface area contributed by atoms with Gasteiger partial charge in [0, 0.05) is 0 Å². The first-order chi connectivity index (χ1) is 7.75. The molecule has 0 spiro atoms. The van der Waals surface area contributed by atoms with E-state index in [4.69, 9.17) is 0 Å². The largest absolute Gasteiger partial charge is 0.393 e. The molecule has 2 fully saturated rings. The second-order valence-corrected chi connectivity index (χ2v) is 5.29. The smallest absolute Gasteiger partial charge is 0.0575 e. The Balaban J connectivity index is 1.77. The quantitative estimate of drug-likeness (QED) is 0.791. The van der Waals surface area contributed by atoms with Gasteiger partial charge in [-0.2, -0.15) is 0 Å². The van der Waals surface area contributed by atoms with E-state index in [1.165, 1.54) is 5.56 Å². The summed E-state index contributed by atoms with van der Waals surface area (Å²) in [6.07, 6.45) is 2.24. The maximum atomic E-state index is 9.87. The topological polar surface area (TPSA) is 40.5 Å². The molecule has 4 atom stereocenters. The van der Waals surface area contributed by atoms with E-state index < -0.39 is 0 Å². The molecule has 2 aliphatic rings. The van der Waals surface area contributed by atoms with Crippen molar-refractivity contribution in [1.29, 1.82) is 0 Å². The summed E-state index contributed by atoms with van der Waals surface area (Å²) in [5, 5.41) is 19.7. The highest BCUT2D eigenvalue weighted by atomic mass is 16.3. The number of hydrogen-bond acceptors (Lipinski definition) is 2. The Hall–Kier alpha value is -0.860. The first-order valence-corrected chi connectivity index (χ1v) is 6.16.